The molecule has 1 amide bonds. The number of nitrogens with one attached hydrogen (secondary N) is 1. The van der Waals surface area contributed by atoms with E-state index in [2.05, 4.69) is 5.32 Å². The summed E-state index contributed by atoms with van der Waals surface area (Å²) >= 11 is 0. The number of benzene rings is 1. The van der Waals surface area contributed by atoms with Crippen molar-refractivity contribution in [3.8, 4) is 0 Å². The summed E-state index contributed by atoms with van der Waals surface area (Å²) in [6.07, 6.45) is 0.803. The SMILES string of the molecule is NCc1ccc(C(=O)NCCc2ccccc2)o1. The maximum atomic E-state index is 11.7. The van der Waals surface area contributed by atoms with Gasteiger partial charge in [0.25, 0.3) is 5.91 Å². The predicted molar refractivity (Wildman–Crippen MR) is 69.1 cm³/mol. The summed E-state index contributed by atoms with van der Waals surface area (Å²) in [4.78, 5) is 11.7. The van der Waals surface area contributed by atoms with Crippen molar-refractivity contribution in [1.82, 2.24) is 5.32 Å². The Morgan fingerprint density at radius 2 is 1.94 bits per heavy atom. The van der Waals surface area contributed by atoms with Crippen molar-refractivity contribution in [3.05, 3.63) is 59.5 Å². The Labute approximate surface area is 106 Å². The molecule has 2 rings (SSSR count). The minimum Gasteiger partial charge on any atom is -0.455 e. The van der Waals surface area contributed by atoms with Crippen LogP contribution < -0.4 is 11.1 Å². The lowest BCUT2D eigenvalue weighted by atomic mass is 10.1. The molecule has 0 atom stereocenters. The first-order chi connectivity index (χ1) is 8.79. The molecule has 0 radical (unpaired) electrons. The summed E-state index contributed by atoms with van der Waals surface area (Å²) in [5, 5.41) is 2.81. The molecular formula is C14H16N2O2. The molecule has 18 heavy (non-hydrogen) atoms. The van der Waals surface area contributed by atoms with E-state index in [0.29, 0.717) is 24.6 Å². The van der Waals surface area contributed by atoms with Crippen LogP contribution in [0.4, 0.5) is 0 Å². The number of nitrogens with two attached hydrogens (primary N) is 1. The summed E-state index contributed by atoms with van der Waals surface area (Å²) in [5.41, 5.74) is 6.61. The highest BCUT2D eigenvalue weighted by atomic mass is 16.4. The van der Waals surface area contributed by atoms with Crippen LogP contribution in [0.25, 0.3) is 0 Å². The monoisotopic (exact) mass is 244 g/mol. The second-order valence-electron chi connectivity index (χ2n) is 3.96. The molecule has 2 aromatic rings. The van der Waals surface area contributed by atoms with Crippen LogP contribution in [0.5, 0.6) is 0 Å². The number of amides is 1. The van der Waals surface area contributed by atoms with Gasteiger partial charge >= 0.3 is 0 Å². The molecular weight excluding hydrogens is 228 g/mol. The molecule has 0 aliphatic carbocycles. The van der Waals surface area contributed by atoms with E-state index in [9.17, 15) is 4.79 Å². The molecule has 0 bridgehead atoms. The second-order valence-corrected chi connectivity index (χ2v) is 3.96. The third-order valence-electron chi connectivity index (χ3n) is 2.63. The fourth-order valence-electron chi connectivity index (χ4n) is 1.66. The lowest BCUT2D eigenvalue weighted by Crippen LogP contribution is -2.25. The molecule has 94 valence electrons. The molecule has 1 aromatic carbocycles. The maximum absolute atomic E-state index is 11.7. The van der Waals surface area contributed by atoms with Gasteiger partial charge in [0.05, 0.1) is 6.54 Å². The molecule has 4 heteroatoms. The highest BCUT2D eigenvalue weighted by molar-refractivity contribution is 5.91. The van der Waals surface area contributed by atoms with Crippen LogP contribution in [0.1, 0.15) is 21.9 Å². The Kier molecular flexibility index (Phi) is 4.15. The highest BCUT2D eigenvalue weighted by Gasteiger charge is 2.09. The molecule has 0 unspecified atom stereocenters. The zero-order chi connectivity index (χ0) is 12.8. The van der Waals surface area contributed by atoms with Crippen LogP contribution in [0.2, 0.25) is 0 Å². The zero-order valence-corrected chi connectivity index (χ0v) is 10.1. The average Bonchev–Trinajstić information content (AvgIpc) is 2.89. The summed E-state index contributed by atoms with van der Waals surface area (Å²) < 4.78 is 5.26. The van der Waals surface area contributed by atoms with E-state index in [1.807, 2.05) is 30.3 Å². The topological polar surface area (TPSA) is 68.3 Å². The minimum absolute atomic E-state index is 0.203. The number of carbonyl (C=O) groups is 1. The second kappa shape index (κ2) is 6.02. The van der Waals surface area contributed by atoms with Crippen molar-refractivity contribution in [2.24, 2.45) is 5.73 Å². The lowest BCUT2D eigenvalue weighted by molar-refractivity contribution is 0.0924. The molecule has 0 saturated carbocycles. The Morgan fingerprint density at radius 3 is 2.61 bits per heavy atom. The van der Waals surface area contributed by atoms with Gasteiger partial charge in [0.1, 0.15) is 5.76 Å². The number of rotatable bonds is 5. The number of hydrogen-bond acceptors (Lipinski definition) is 3. The van der Waals surface area contributed by atoms with Gasteiger partial charge in [0.15, 0.2) is 5.76 Å². The Bertz CT molecular complexity index is 506. The summed E-state index contributed by atoms with van der Waals surface area (Å²) in [7, 11) is 0. The average molecular weight is 244 g/mol. The van der Waals surface area contributed by atoms with E-state index in [1.54, 1.807) is 12.1 Å². The van der Waals surface area contributed by atoms with Crippen LogP contribution in [-0.2, 0) is 13.0 Å². The number of furan rings is 1. The lowest BCUT2D eigenvalue weighted by Gasteiger charge is -2.03. The van der Waals surface area contributed by atoms with Gasteiger partial charge in [0.2, 0.25) is 0 Å². The van der Waals surface area contributed by atoms with Gasteiger partial charge in [-0.1, -0.05) is 30.3 Å². The molecule has 1 aromatic heterocycles. The van der Waals surface area contributed by atoms with E-state index in [4.69, 9.17) is 10.2 Å². The van der Waals surface area contributed by atoms with Crippen molar-refractivity contribution in [2.45, 2.75) is 13.0 Å². The number of hydrogen-bond donors (Lipinski definition) is 2. The molecule has 3 N–H and O–H groups in total. The summed E-state index contributed by atoms with van der Waals surface area (Å²) in [6, 6.07) is 13.4. The fourth-order valence-corrected chi connectivity index (χ4v) is 1.66. The first-order valence-corrected chi connectivity index (χ1v) is 5.90. The van der Waals surface area contributed by atoms with E-state index in [-0.39, 0.29) is 5.91 Å². The predicted octanol–water partition coefficient (Wildman–Crippen LogP) is 1.71. The fraction of sp³-hybridized carbons (Fsp3) is 0.214. The normalized spacial score (nSPS) is 10.3. The standard InChI is InChI=1S/C14H16N2O2/c15-10-12-6-7-13(18-12)14(17)16-9-8-11-4-2-1-3-5-11/h1-7H,8-10,15H2,(H,16,17). The molecule has 4 nitrogen and oxygen atoms in total. The quantitative estimate of drug-likeness (QED) is 0.841. The number of carbonyl (C=O) groups excluding carboxylic acids is 1. The van der Waals surface area contributed by atoms with Crippen molar-refractivity contribution in [2.75, 3.05) is 6.54 Å². The third kappa shape index (κ3) is 3.21. The Hall–Kier alpha value is -2.07. The highest BCUT2D eigenvalue weighted by Crippen LogP contribution is 2.06. The minimum atomic E-state index is -0.203. The maximum Gasteiger partial charge on any atom is 0.287 e. The van der Waals surface area contributed by atoms with Crippen LogP contribution >= 0.6 is 0 Å². The van der Waals surface area contributed by atoms with Crippen molar-refractivity contribution < 1.29 is 9.21 Å². The van der Waals surface area contributed by atoms with Crippen LogP contribution in [0.3, 0.4) is 0 Å². The Balaban J connectivity index is 1.81. The van der Waals surface area contributed by atoms with Gasteiger partial charge in [-0.15, -0.1) is 0 Å². The van der Waals surface area contributed by atoms with Gasteiger partial charge in [0, 0.05) is 6.54 Å². The van der Waals surface area contributed by atoms with Crippen LogP contribution in [-0.4, -0.2) is 12.5 Å². The van der Waals surface area contributed by atoms with Gasteiger partial charge in [-0.25, -0.2) is 0 Å². The molecule has 0 aliphatic heterocycles. The van der Waals surface area contributed by atoms with Crippen molar-refractivity contribution >= 4 is 5.91 Å². The smallest absolute Gasteiger partial charge is 0.287 e. The Morgan fingerprint density at radius 1 is 1.17 bits per heavy atom. The van der Waals surface area contributed by atoms with E-state index in [1.165, 1.54) is 5.56 Å². The molecule has 0 fully saturated rings. The first-order valence-electron chi connectivity index (χ1n) is 5.90. The van der Waals surface area contributed by atoms with Gasteiger partial charge in [-0.05, 0) is 24.1 Å². The van der Waals surface area contributed by atoms with E-state index < -0.39 is 0 Å². The van der Waals surface area contributed by atoms with Crippen molar-refractivity contribution in [3.63, 3.8) is 0 Å². The van der Waals surface area contributed by atoms with Crippen LogP contribution in [0, 0.1) is 0 Å². The zero-order valence-electron chi connectivity index (χ0n) is 10.1. The summed E-state index contributed by atoms with van der Waals surface area (Å²) in [6.45, 7) is 0.888. The van der Waals surface area contributed by atoms with E-state index >= 15 is 0 Å². The van der Waals surface area contributed by atoms with Gasteiger partial charge in [-0.3, -0.25) is 4.79 Å². The third-order valence-corrected chi connectivity index (χ3v) is 2.63. The van der Waals surface area contributed by atoms with Gasteiger partial charge < -0.3 is 15.5 Å². The molecule has 0 spiro atoms. The molecule has 1 heterocycles. The van der Waals surface area contributed by atoms with Gasteiger partial charge in [-0.2, -0.15) is 0 Å². The van der Waals surface area contributed by atoms with Crippen molar-refractivity contribution in [1.29, 1.82) is 0 Å². The van der Waals surface area contributed by atoms with E-state index in [0.717, 1.165) is 6.42 Å². The molecule has 0 aliphatic rings. The summed E-state index contributed by atoms with van der Waals surface area (Å²) in [5.74, 6) is 0.720. The largest absolute Gasteiger partial charge is 0.455 e. The van der Waals surface area contributed by atoms with Crippen LogP contribution in [0.15, 0.2) is 46.9 Å². The molecule has 0 saturated heterocycles. The first kappa shape index (κ1) is 12.4.